The average molecular weight is 218 g/mol. The molecule has 6 heteroatoms. The summed E-state index contributed by atoms with van der Waals surface area (Å²) in [5, 5.41) is 10.5. The van der Waals surface area contributed by atoms with Crippen molar-refractivity contribution < 1.29 is 9.59 Å². The Bertz CT molecular complexity index is 262. The van der Waals surface area contributed by atoms with Gasteiger partial charge in [-0.2, -0.15) is 5.26 Å². The Balaban J connectivity index is 4.12. The first-order valence-electron chi connectivity index (χ1n) is 4.02. The van der Waals surface area contributed by atoms with E-state index in [9.17, 15) is 9.59 Å². The number of hydrogen-bond donors (Lipinski definition) is 1. The Labute approximate surface area is 87.6 Å². The maximum absolute atomic E-state index is 11.3. The highest BCUT2D eigenvalue weighted by Crippen LogP contribution is 1.99. The zero-order valence-corrected chi connectivity index (χ0v) is 8.84. The molecule has 1 atom stereocenters. The average Bonchev–Trinajstić information content (AvgIpc) is 2.16. The first-order valence-corrected chi connectivity index (χ1v) is 4.56. The van der Waals surface area contributed by atoms with Crippen LogP contribution in [0.1, 0.15) is 13.3 Å². The molecule has 0 saturated carbocycles. The molecule has 78 valence electrons. The van der Waals surface area contributed by atoms with Crippen LogP contribution in [0.25, 0.3) is 0 Å². The second-order valence-electron chi connectivity index (χ2n) is 2.81. The quantitative estimate of drug-likeness (QED) is 0.707. The topological polar surface area (TPSA) is 73.2 Å². The van der Waals surface area contributed by atoms with Gasteiger partial charge >= 0.3 is 6.03 Å². The number of nitriles is 1. The molecule has 0 bridgehead atoms. The van der Waals surface area contributed by atoms with Gasteiger partial charge in [-0.3, -0.25) is 10.1 Å². The van der Waals surface area contributed by atoms with Crippen molar-refractivity contribution in [3.63, 3.8) is 0 Å². The minimum Gasteiger partial charge on any atom is -0.324 e. The highest BCUT2D eigenvalue weighted by Gasteiger charge is 2.16. The van der Waals surface area contributed by atoms with Gasteiger partial charge in [0.05, 0.1) is 12.5 Å². The molecule has 0 spiro atoms. The van der Waals surface area contributed by atoms with Crippen LogP contribution in [0.2, 0.25) is 0 Å². The van der Waals surface area contributed by atoms with E-state index in [4.69, 9.17) is 16.9 Å². The molecule has 14 heavy (non-hydrogen) atoms. The van der Waals surface area contributed by atoms with Crippen molar-refractivity contribution in [3.05, 3.63) is 0 Å². The second-order valence-corrected chi connectivity index (χ2v) is 3.08. The van der Waals surface area contributed by atoms with E-state index in [1.54, 1.807) is 6.92 Å². The molecule has 5 nitrogen and oxygen atoms in total. The van der Waals surface area contributed by atoms with E-state index in [0.717, 1.165) is 0 Å². The van der Waals surface area contributed by atoms with Gasteiger partial charge in [0.2, 0.25) is 5.91 Å². The predicted molar refractivity (Wildman–Crippen MR) is 51.7 cm³/mol. The molecule has 0 aromatic heterocycles. The van der Waals surface area contributed by atoms with Crippen LogP contribution in [0.15, 0.2) is 0 Å². The van der Waals surface area contributed by atoms with Crippen LogP contribution in [-0.2, 0) is 4.79 Å². The molecule has 3 amide bonds. The minimum absolute atomic E-state index is 0.221. The zero-order chi connectivity index (χ0) is 11.1. The van der Waals surface area contributed by atoms with Gasteiger partial charge in [-0.05, 0) is 6.92 Å². The summed E-state index contributed by atoms with van der Waals surface area (Å²) in [6.07, 6.45) is 0.221. The molecule has 0 aromatic rings. The summed E-state index contributed by atoms with van der Waals surface area (Å²) in [6.45, 7) is 1.72. The van der Waals surface area contributed by atoms with Gasteiger partial charge in [0.25, 0.3) is 0 Å². The highest BCUT2D eigenvalue weighted by molar-refractivity contribution is 6.28. The van der Waals surface area contributed by atoms with E-state index < -0.39 is 11.9 Å². The number of alkyl halides is 1. The van der Waals surface area contributed by atoms with E-state index in [-0.39, 0.29) is 18.3 Å². The van der Waals surface area contributed by atoms with Crippen molar-refractivity contribution >= 4 is 23.5 Å². The lowest BCUT2D eigenvalue weighted by Crippen LogP contribution is -2.45. The normalized spacial score (nSPS) is 11.3. The molecule has 0 saturated heterocycles. The first kappa shape index (κ1) is 12.7. The van der Waals surface area contributed by atoms with Crippen molar-refractivity contribution in [2.75, 3.05) is 12.9 Å². The zero-order valence-electron chi connectivity index (χ0n) is 8.08. The summed E-state index contributed by atoms with van der Waals surface area (Å²) < 4.78 is 0. The third-order valence-electron chi connectivity index (χ3n) is 1.74. The van der Waals surface area contributed by atoms with Gasteiger partial charge < -0.3 is 4.90 Å². The first-order chi connectivity index (χ1) is 6.52. The van der Waals surface area contributed by atoms with Gasteiger partial charge in [0.1, 0.15) is 5.88 Å². The molecule has 0 fully saturated rings. The fourth-order valence-electron chi connectivity index (χ4n) is 0.710. The Morgan fingerprint density at radius 3 is 2.64 bits per heavy atom. The van der Waals surface area contributed by atoms with Crippen LogP contribution in [0.3, 0.4) is 0 Å². The van der Waals surface area contributed by atoms with Crippen LogP contribution in [0, 0.1) is 11.3 Å². The molecule has 1 N–H and O–H groups in total. The number of nitrogens with zero attached hydrogens (tertiary/aromatic N) is 2. The smallest absolute Gasteiger partial charge is 0.324 e. The van der Waals surface area contributed by atoms with E-state index in [2.05, 4.69) is 5.32 Å². The van der Waals surface area contributed by atoms with E-state index in [0.29, 0.717) is 0 Å². The summed E-state index contributed by atoms with van der Waals surface area (Å²) in [5.74, 6) is -0.806. The Kier molecular flexibility index (Phi) is 5.65. The monoisotopic (exact) mass is 217 g/mol. The van der Waals surface area contributed by atoms with Crippen LogP contribution in [-0.4, -0.2) is 35.8 Å². The predicted octanol–water partition coefficient (Wildman–Crippen LogP) is 0.695. The molecule has 0 aliphatic carbocycles. The van der Waals surface area contributed by atoms with Crippen molar-refractivity contribution in [2.24, 2.45) is 0 Å². The number of urea groups is 1. The van der Waals surface area contributed by atoms with E-state index >= 15 is 0 Å². The van der Waals surface area contributed by atoms with Gasteiger partial charge in [-0.1, -0.05) is 0 Å². The Hall–Kier alpha value is -1.28. The number of carbonyl (C=O) groups is 2. The van der Waals surface area contributed by atoms with Gasteiger partial charge in [-0.15, -0.1) is 11.6 Å². The number of amides is 3. The minimum atomic E-state index is -0.548. The fraction of sp³-hybridized carbons (Fsp3) is 0.625. The molecule has 0 rings (SSSR count). The second kappa shape index (κ2) is 6.22. The SMILES string of the molecule is CC(CC#N)N(C)C(=O)NC(=O)CCl. The number of carbonyl (C=O) groups excluding carboxylic acids is 2. The maximum atomic E-state index is 11.3. The third kappa shape index (κ3) is 4.10. The molecule has 1 unspecified atom stereocenters. The number of imide groups is 1. The molecule has 0 aromatic carbocycles. The lowest BCUT2D eigenvalue weighted by Gasteiger charge is -2.22. The Morgan fingerprint density at radius 1 is 1.64 bits per heavy atom. The van der Waals surface area contributed by atoms with Crippen molar-refractivity contribution in [1.29, 1.82) is 5.26 Å². The molecule has 0 aliphatic heterocycles. The summed E-state index contributed by atoms with van der Waals surface area (Å²) in [7, 11) is 1.51. The summed E-state index contributed by atoms with van der Waals surface area (Å²) in [6, 6.07) is 1.16. The van der Waals surface area contributed by atoms with Gasteiger partial charge in [0, 0.05) is 13.1 Å². The number of nitrogens with one attached hydrogen (secondary N) is 1. The van der Waals surface area contributed by atoms with Crippen LogP contribution in [0.5, 0.6) is 0 Å². The standard InChI is InChI=1S/C8H12ClN3O2/c1-6(3-4-10)12(2)8(14)11-7(13)5-9/h6H,3,5H2,1-2H3,(H,11,13,14). The lowest BCUT2D eigenvalue weighted by molar-refractivity contribution is -0.117. The van der Waals surface area contributed by atoms with Gasteiger partial charge in [0.15, 0.2) is 0 Å². The van der Waals surface area contributed by atoms with Crippen molar-refractivity contribution in [3.8, 4) is 6.07 Å². The summed E-state index contributed by atoms with van der Waals surface area (Å²) in [4.78, 5) is 23.3. The largest absolute Gasteiger partial charge is 0.324 e. The van der Waals surface area contributed by atoms with Crippen LogP contribution in [0.4, 0.5) is 4.79 Å². The van der Waals surface area contributed by atoms with Crippen molar-refractivity contribution in [2.45, 2.75) is 19.4 Å². The lowest BCUT2D eigenvalue weighted by atomic mass is 10.2. The number of rotatable bonds is 3. The summed E-state index contributed by atoms with van der Waals surface area (Å²) >= 11 is 5.21. The molecular weight excluding hydrogens is 206 g/mol. The number of hydrogen-bond acceptors (Lipinski definition) is 3. The van der Waals surface area contributed by atoms with E-state index in [1.807, 2.05) is 6.07 Å². The fourth-order valence-corrected chi connectivity index (χ4v) is 0.777. The maximum Gasteiger partial charge on any atom is 0.324 e. The molecule has 0 heterocycles. The van der Waals surface area contributed by atoms with Crippen LogP contribution >= 0.6 is 11.6 Å². The van der Waals surface area contributed by atoms with Crippen molar-refractivity contribution in [1.82, 2.24) is 10.2 Å². The summed E-state index contributed by atoms with van der Waals surface area (Å²) in [5.41, 5.74) is 0. The number of halogens is 1. The molecule has 0 radical (unpaired) electrons. The van der Waals surface area contributed by atoms with Crippen LogP contribution < -0.4 is 5.32 Å². The van der Waals surface area contributed by atoms with Gasteiger partial charge in [-0.25, -0.2) is 4.79 Å². The molecular formula is C8H12ClN3O2. The molecule has 0 aliphatic rings. The van der Waals surface area contributed by atoms with E-state index in [1.165, 1.54) is 11.9 Å². The Morgan fingerprint density at radius 2 is 2.21 bits per heavy atom. The third-order valence-corrected chi connectivity index (χ3v) is 1.98. The highest BCUT2D eigenvalue weighted by atomic mass is 35.5.